The number of alkyl halides is 2. The molecular weight excluding hydrogens is 386 g/mol. The number of halogens is 2. The van der Waals surface area contributed by atoms with E-state index >= 15 is 0 Å². The van der Waals surface area contributed by atoms with Crippen LogP contribution in [0.4, 0.5) is 8.78 Å². The molecule has 1 aromatic carbocycles. The third-order valence-electron chi connectivity index (χ3n) is 3.82. The van der Waals surface area contributed by atoms with E-state index in [1.165, 1.54) is 6.07 Å². The molecule has 0 aliphatic carbocycles. The van der Waals surface area contributed by atoms with Gasteiger partial charge in [0.15, 0.2) is 5.96 Å². The Balaban J connectivity index is 1.58. The van der Waals surface area contributed by atoms with E-state index < -0.39 is 6.61 Å². The molecule has 0 radical (unpaired) electrons. The number of aromatic nitrogens is 1. The number of nitrogens with zero attached hydrogens (tertiary/aromatic N) is 2. The van der Waals surface area contributed by atoms with Gasteiger partial charge in [-0.1, -0.05) is 23.8 Å². The highest BCUT2D eigenvalue weighted by molar-refractivity contribution is 7.13. The summed E-state index contributed by atoms with van der Waals surface area (Å²) in [6, 6.07) is 8.93. The van der Waals surface area contributed by atoms with Crippen LogP contribution in [0.2, 0.25) is 0 Å². The predicted octanol–water partition coefficient (Wildman–Crippen LogP) is 4.18. The third kappa shape index (κ3) is 5.29. The molecule has 3 aromatic rings. The highest BCUT2D eigenvalue weighted by Crippen LogP contribution is 2.24. The summed E-state index contributed by atoms with van der Waals surface area (Å²) in [7, 11) is 1.63. The Morgan fingerprint density at radius 1 is 1.29 bits per heavy atom. The summed E-state index contributed by atoms with van der Waals surface area (Å²) in [6.07, 6.45) is 1.59. The number of guanidine groups is 1. The van der Waals surface area contributed by atoms with Crippen LogP contribution in [0.15, 0.2) is 51.4 Å². The van der Waals surface area contributed by atoms with Crippen LogP contribution in [0.25, 0.3) is 10.8 Å². The first kappa shape index (κ1) is 19.8. The number of benzene rings is 1. The van der Waals surface area contributed by atoms with Crippen molar-refractivity contribution in [2.45, 2.75) is 26.6 Å². The van der Waals surface area contributed by atoms with Gasteiger partial charge in [0.05, 0.1) is 17.1 Å². The van der Waals surface area contributed by atoms with Crippen molar-refractivity contribution in [3.8, 4) is 16.5 Å². The molecule has 148 valence electrons. The van der Waals surface area contributed by atoms with E-state index in [1.54, 1.807) is 36.8 Å². The van der Waals surface area contributed by atoms with Crippen LogP contribution in [0.3, 0.4) is 0 Å². The molecule has 0 aliphatic heterocycles. The van der Waals surface area contributed by atoms with E-state index in [1.807, 2.05) is 24.4 Å². The molecule has 0 atom stereocenters. The molecule has 0 fully saturated rings. The second-order valence-corrected chi connectivity index (χ2v) is 6.84. The minimum atomic E-state index is -2.87. The fourth-order valence-corrected chi connectivity index (χ4v) is 3.19. The number of hydrogen-bond acceptors (Lipinski definition) is 5. The average molecular weight is 406 g/mol. The smallest absolute Gasteiger partial charge is 0.387 e. The van der Waals surface area contributed by atoms with E-state index in [2.05, 4.69) is 25.3 Å². The fraction of sp³-hybridized carbons (Fsp3) is 0.263. The van der Waals surface area contributed by atoms with E-state index in [0.717, 1.165) is 16.1 Å². The van der Waals surface area contributed by atoms with Crippen LogP contribution in [0.5, 0.6) is 5.75 Å². The van der Waals surface area contributed by atoms with E-state index in [4.69, 9.17) is 4.42 Å². The van der Waals surface area contributed by atoms with Gasteiger partial charge in [0, 0.05) is 19.2 Å². The Hall–Kier alpha value is -2.94. The van der Waals surface area contributed by atoms with Crippen molar-refractivity contribution in [1.29, 1.82) is 0 Å². The zero-order valence-corrected chi connectivity index (χ0v) is 16.2. The second kappa shape index (κ2) is 9.32. The highest BCUT2D eigenvalue weighted by atomic mass is 32.1. The molecule has 0 amide bonds. The maximum Gasteiger partial charge on any atom is 0.387 e. The summed E-state index contributed by atoms with van der Waals surface area (Å²) in [4.78, 5) is 9.53. The zero-order valence-electron chi connectivity index (χ0n) is 15.4. The molecule has 9 heteroatoms. The van der Waals surface area contributed by atoms with Crippen molar-refractivity contribution in [2.75, 3.05) is 7.05 Å². The number of oxazole rings is 1. The molecule has 0 saturated heterocycles. The predicted molar refractivity (Wildman–Crippen MR) is 105 cm³/mol. The lowest BCUT2D eigenvalue weighted by molar-refractivity contribution is -0.0504. The summed E-state index contributed by atoms with van der Waals surface area (Å²) >= 11 is 1.55. The first-order chi connectivity index (χ1) is 13.5. The largest absolute Gasteiger partial charge is 0.443 e. The summed E-state index contributed by atoms with van der Waals surface area (Å²) in [6.45, 7) is -0.298. The topological polar surface area (TPSA) is 71.7 Å². The van der Waals surface area contributed by atoms with Gasteiger partial charge in [-0.25, -0.2) is 4.98 Å². The second-order valence-electron chi connectivity index (χ2n) is 5.89. The number of aryl methyl sites for hydroxylation is 1. The molecule has 28 heavy (non-hydrogen) atoms. The zero-order chi connectivity index (χ0) is 19.9. The van der Waals surface area contributed by atoms with Gasteiger partial charge in [0.1, 0.15) is 12.0 Å². The van der Waals surface area contributed by atoms with Gasteiger partial charge in [-0.2, -0.15) is 8.78 Å². The normalized spacial score (nSPS) is 11.7. The molecule has 0 saturated carbocycles. The molecule has 0 aliphatic rings. The van der Waals surface area contributed by atoms with Crippen LogP contribution in [-0.2, 0) is 13.1 Å². The van der Waals surface area contributed by atoms with Crippen molar-refractivity contribution in [3.05, 3.63) is 58.8 Å². The standard InChI is InChI=1S/C19H20F2N4O2S/c1-12-5-6-15(27-18(20)21)13(8-12)9-23-19(22-2)24-10-14-11-26-17(25-14)16-4-3-7-28-16/h3-8,11,18H,9-10H2,1-2H3,(H2,22,23,24). The van der Waals surface area contributed by atoms with Crippen molar-refractivity contribution in [3.63, 3.8) is 0 Å². The molecule has 3 rings (SSSR count). The Morgan fingerprint density at radius 3 is 2.82 bits per heavy atom. The maximum atomic E-state index is 12.6. The molecule has 2 heterocycles. The lowest BCUT2D eigenvalue weighted by atomic mass is 10.1. The Labute approximate surface area is 165 Å². The monoisotopic (exact) mass is 406 g/mol. The van der Waals surface area contributed by atoms with Gasteiger partial charge in [-0.15, -0.1) is 11.3 Å². The Morgan fingerprint density at radius 2 is 2.11 bits per heavy atom. The van der Waals surface area contributed by atoms with Crippen LogP contribution in [0, 0.1) is 6.92 Å². The fourth-order valence-electron chi connectivity index (χ4n) is 2.53. The van der Waals surface area contributed by atoms with Gasteiger partial charge in [-0.05, 0) is 24.4 Å². The SMILES string of the molecule is CN=C(NCc1coc(-c2cccs2)n1)NCc1cc(C)ccc1OC(F)F. The van der Waals surface area contributed by atoms with Crippen LogP contribution >= 0.6 is 11.3 Å². The molecule has 0 unspecified atom stereocenters. The number of aliphatic imine (C=N–C) groups is 1. The summed E-state index contributed by atoms with van der Waals surface area (Å²) in [5, 5.41) is 8.17. The minimum absolute atomic E-state index is 0.139. The van der Waals surface area contributed by atoms with Crippen molar-refractivity contribution >= 4 is 17.3 Å². The van der Waals surface area contributed by atoms with Crippen LogP contribution in [-0.4, -0.2) is 24.6 Å². The molecule has 2 aromatic heterocycles. The number of hydrogen-bond donors (Lipinski definition) is 2. The van der Waals surface area contributed by atoms with E-state index in [9.17, 15) is 8.78 Å². The number of nitrogens with one attached hydrogen (secondary N) is 2. The summed E-state index contributed by atoms with van der Waals surface area (Å²) < 4.78 is 35.2. The minimum Gasteiger partial charge on any atom is -0.443 e. The van der Waals surface area contributed by atoms with E-state index in [0.29, 0.717) is 24.0 Å². The van der Waals surface area contributed by atoms with Gasteiger partial charge in [-0.3, -0.25) is 4.99 Å². The van der Waals surface area contributed by atoms with E-state index in [-0.39, 0.29) is 12.3 Å². The molecule has 0 bridgehead atoms. The van der Waals surface area contributed by atoms with Gasteiger partial charge in [0.2, 0.25) is 5.89 Å². The summed E-state index contributed by atoms with van der Waals surface area (Å²) in [5.41, 5.74) is 2.29. The number of thiophene rings is 1. The van der Waals surface area contributed by atoms with Gasteiger partial charge < -0.3 is 19.8 Å². The first-order valence-corrected chi connectivity index (χ1v) is 9.40. The average Bonchev–Trinajstić information content (AvgIpc) is 3.35. The molecular formula is C19H20F2N4O2S. The first-order valence-electron chi connectivity index (χ1n) is 8.52. The lowest BCUT2D eigenvalue weighted by Gasteiger charge is -2.14. The van der Waals surface area contributed by atoms with Gasteiger partial charge >= 0.3 is 6.61 Å². The number of ether oxygens (including phenoxy) is 1. The summed E-state index contributed by atoms with van der Waals surface area (Å²) in [5.74, 6) is 1.22. The third-order valence-corrected chi connectivity index (χ3v) is 4.68. The maximum absolute atomic E-state index is 12.6. The van der Waals surface area contributed by atoms with Gasteiger partial charge in [0.25, 0.3) is 0 Å². The Bertz CT molecular complexity index is 926. The van der Waals surface area contributed by atoms with Crippen LogP contribution in [0.1, 0.15) is 16.8 Å². The van der Waals surface area contributed by atoms with Crippen LogP contribution < -0.4 is 15.4 Å². The Kier molecular flexibility index (Phi) is 6.59. The molecule has 0 spiro atoms. The molecule has 6 nitrogen and oxygen atoms in total. The number of rotatable bonds is 7. The lowest BCUT2D eigenvalue weighted by Crippen LogP contribution is -2.36. The van der Waals surface area contributed by atoms with Crippen molar-refractivity contribution < 1.29 is 17.9 Å². The molecule has 2 N–H and O–H groups in total. The van der Waals surface area contributed by atoms with Crippen molar-refractivity contribution in [1.82, 2.24) is 15.6 Å². The van der Waals surface area contributed by atoms with Crippen molar-refractivity contribution in [2.24, 2.45) is 4.99 Å². The highest BCUT2D eigenvalue weighted by Gasteiger charge is 2.11. The quantitative estimate of drug-likeness (QED) is 0.455.